The minimum absolute atomic E-state index is 0.185. The maximum atomic E-state index is 14.1. The van der Waals surface area contributed by atoms with Crippen LogP contribution in [0.3, 0.4) is 0 Å². The maximum Gasteiger partial charge on any atom is 0.275 e. The Morgan fingerprint density at radius 2 is 1.89 bits per heavy atom. The van der Waals surface area contributed by atoms with Crippen molar-refractivity contribution in [3.05, 3.63) is 48.1 Å². The van der Waals surface area contributed by atoms with Gasteiger partial charge in [0.15, 0.2) is 11.5 Å². The minimum Gasteiger partial charge on any atom is -0.355 e. The highest BCUT2D eigenvalue weighted by Gasteiger charge is 2.16. The number of aryl methyl sites for hydroxylation is 1. The average Bonchev–Trinajstić information content (AvgIpc) is 3.33. The van der Waals surface area contributed by atoms with Gasteiger partial charge in [-0.25, -0.2) is 19.3 Å². The highest BCUT2D eigenvalue weighted by atomic mass is 19.1. The summed E-state index contributed by atoms with van der Waals surface area (Å²) in [4.78, 5) is 27.0. The van der Waals surface area contributed by atoms with Gasteiger partial charge in [-0.15, -0.1) is 0 Å². The van der Waals surface area contributed by atoms with E-state index in [0.717, 1.165) is 31.7 Å². The summed E-state index contributed by atoms with van der Waals surface area (Å²) >= 11 is 0. The van der Waals surface area contributed by atoms with Crippen molar-refractivity contribution in [3.8, 4) is 0 Å². The molecule has 0 atom stereocenters. The van der Waals surface area contributed by atoms with E-state index in [-0.39, 0.29) is 11.3 Å². The largest absolute Gasteiger partial charge is 0.355 e. The Hall–Kier alpha value is -3.03. The van der Waals surface area contributed by atoms with Crippen molar-refractivity contribution in [2.45, 2.75) is 33.6 Å². The van der Waals surface area contributed by atoms with Crippen LogP contribution in [0.4, 0.5) is 15.9 Å². The van der Waals surface area contributed by atoms with Crippen molar-refractivity contribution in [1.82, 2.24) is 19.4 Å². The molecule has 1 N–H and O–H groups in total. The number of anilines is 2. The Morgan fingerprint density at radius 1 is 1.15 bits per heavy atom. The fourth-order valence-corrected chi connectivity index (χ4v) is 2.99. The lowest BCUT2D eigenvalue weighted by Crippen LogP contribution is -2.20. The molecule has 8 heteroatoms. The van der Waals surface area contributed by atoms with Gasteiger partial charge in [-0.05, 0) is 19.8 Å². The molecule has 1 aliphatic heterocycles. The first kappa shape index (κ1) is 18.8. The number of fused-ring (bicyclic) bond motifs is 1. The van der Waals surface area contributed by atoms with Gasteiger partial charge in [0.1, 0.15) is 11.5 Å². The molecular formula is C19H23FN6O. The van der Waals surface area contributed by atoms with Gasteiger partial charge < -0.3 is 14.6 Å². The second kappa shape index (κ2) is 8.11. The lowest BCUT2D eigenvalue weighted by molar-refractivity contribution is 0.102. The molecule has 3 aromatic rings. The molecule has 0 aliphatic carbocycles. The van der Waals surface area contributed by atoms with Crippen LogP contribution in [0.25, 0.3) is 5.65 Å². The third kappa shape index (κ3) is 4.05. The number of hydrogen-bond donors (Lipinski definition) is 1. The molecular weight excluding hydrogens is 347 g/mol. The van der Waals surface area contributed by atoms with Crippen molar-refractivity contribution in [1.29, 1.82) is 0 Å². The molecule has 0 unspecified atom stereocenters. The number of amides is 1. The van der Waals surface area contributed by atoms with Crippen LogP contribution in [0.2, 0.25) is 0 Å². The zero-order valence-corrected chi connectivity index (χ0v) is 15.7. The second-order valence-corrected chi connectivity index (χ2v) is 6.10. The van der Waals surface area contributed by atoms with Gasteiger partial charge in [0.05, 0.1) is 23.8 Å². The van der Waals surface area contributed by atoms with Crippen molar-refractivity contribution in [2.24, 2.45) is 0 Å². The monoisotopic (exact) mass is 370 g/mol. The molecule has 1 fully saturated rings. The predicted octanol–water partition coefficient (Wildman–Crippen LogP) is 3.45. The zero-order valence-electron chi connectivity index (χ0n) is 15.7. The molecule has 0 radical (unpaired) electrons. The lowest BCUT2D eigenvalue weighted by atomic mass is 10.3. The topological polar surface area (TPSA) is 75.4 Å². The summed E-state index contributed by atoms with van der Waals surface area (Å²) in [5.74, 6) is -0.159. The predicted molar refractivity (Wildman–Crippen MR) is 103 cm³/mol. The van der Waals surface area contributed by atoms with Crippen LogP contribution in [-0.2, 0) is 0 Å². The second-order valence-electron chi connectivity index (χ2n) is 6.10. The lowest BCUT2D eigenvalue weighted by Gasteiger charge is -2.15. The number of imidazole rings is 1. The molecule has 142 valence electrons. The Balaban J connectivity index is 0.00000102. The number of hydrogen-bond acceptors (Lipinski definition) is 5. The number of carbonyl (C=O) groups is 1. The van der Waals surface area contributed by atoms with Crippen LogP contribution >= 0.6 is 0 Å². The molecule has 4 rings (SSSR count). The highest BCUT2D eigenvalue weighted by molar-refractivity contribution is 6.02. The normalized spacial score (nSPS) is 13.4. The molecule has 0 saturated carbocycles. The fourth-order valence-electron chi connectivity index (χ4n) is 2.99. The van der Waals surface area contributed by atoms with E-state index in [1.807, 2.05) is 13.8 Å². The number of rotatable bonds is 3. The molecule has 0 bridgehead atoms. The van der Waals surface area contributed by atoms with Crippen LogP contribution in [0.1, 0.15) is 42.9 Å². The molecule has 4 heterocycles. The van der Waals surface area contributed by atoms with E-state index in [9.17, 15) is 9.18 Å². The summed E-state index contributed by atoms with van der Waals surface area (Å²) in [5.41, 5.74) is 1.44. The number of aromatic nitrogens is 4. The summed E-state index contributed by atoms with van der Waals surface area (Å²) < 4.78 is 15.6. The molecule has 0 aromatic carbocycles. The van der Waals surface area contributed by atoms with Gasteiger partial charge in [0, 0.05) is 31.5 Å². The fraction of sp³-hybridized carbons (Fsp3) is 0.368. The van der Waals surface area contributed by atoms with Crippen LogP contribution in [-0.4, -0.2) is 38.3 Å². The van der Waals surface area contributed by atoms with Gasteiger partial charge in [-0.3, -0.25) is 4.79 Å². The highest BCUT2D eigenvalue weighted by Crippen LogP contribution is 2.18. The van der Waals surface area contributed by atoms with Gasteiger partial charge in [-0.1, -0.05) is 13.8 Å². The van der Waals surface area contributed by atoms with E-state index in [0.29, 0.717) is 11.4 Å². The van der Waals surface area contributed by atoms with E-state index in [2.05, 4.69) is 25.2 Å². The number of pyridine rings is 1. The molecule has 3 aromatic heterocycles. The molecule has 1 aliphatic rings. The third-order valence-corrected chi connectivity index (χ3v) is 4.19. The summed E-state index contributed by atoms with van der Waals surface area (Å²) in [6, 6.07) is 1.24. The van der Waals surface area contributed by atoms with Gasteiger partial charge >= 0.3 is 0 Å². The SMILES string of the molecule is CC.Cc1cn2cc(NC(=O)c3cnc(N4CCCC4)cn3)cc(F)c2n1. The first-order valence-electron chi connectivity index (χ1n) is 9.13. The molecule has 0 spiro atoms. The van der Waals surface area contributed by atoms with Crippen LogP contribution in [0.5, 0.6) is 0 Å². The first-order chi connectivity index (χ1) is 13.1. The van der Waals surface area contributed by atoms with Crippen LogP contribution < -0.4 is 10.2 Å². The van der Waals surface area contributed by atoms with Gasteiger partial charge in [0.25, 0.3) is 5.91 Å². The molecule has 1 amide bonds. The average molecular weight is 370 g/mol. The van der Waals surface area contributed by atoms with E-state index in [1.165, 1.54) is 12.3 Å². The Labute approximate surface area is 157 Å². The third-order valence-electron chi connectivity index (χ3n) is 4.19. The van der Waals surface area contributed by atoms with Gasteiger partial charge in [-0.2, -0.15) is 0 Å². The zero-order chi connectivity index (χ0) is 19.4. The van der Waals surface area contributed by atoms with Crippen molar-refractivity contribution in [3.63, 3.8) is 0 Å². The number of nitrogens with one attached hydrogen (secondary N) is 1. The Morgan fingerprint density at radius 3 is 2.56 bits per heavy atom. The maximum absolute atomic E-state index is 14.1. The minimum atomic E-state index is -0.499. The summed E-state index contributed by atoms with van der Waals surface area (Å²) in [7, 11) is 0. The number of nitrogens with zero attached hydrogens (tertiary/aromatic N) is 5. The summed E-state index contributed by atoms with van der Waals surface area (Å²) in [6.07, 6.45) is 8.64. The van der Waals surface area contributed by atoms with Gasteiger partial charge in [0.2, 0.25) is 0 Å². The van der Waals surface area contributed by atoms with E-state index in [1.54, 1.807) is 29.9 Å². The molecule has 1 saturated heterocycles. The molecule has 7 nitrogen and oxygen atoms in total. The first-order valence-corrected chi connectivity index (χ1v) is 9.13. The van der Waals surface area contributed by atoms with Crippen molar-refractivity contribution in [2.75, 3.05) is 23.3 Å². The van der Waals surface area contributed by atoms with Crippen LogP contribution in [0.15, 0.2) is 30.9 Å². The number of carbonyl (C=O) groups excluding carboxylic acids is 1. The van der Waals surface area contributed by atoms with E-state index >= 15 is 0 Å². The Kier molecular flexibility index (Phi) is 5.63. The number of halogens is 1. The summed E-state index contributed by atoms with van der Waals surface area (Å²) in [5, 5.41) is 2.65. The smallest absolute Gasteiger partial charge is 0.275 e. The van der Waals surface area contributed by atoms with Crippen molar-refractivity contribution >= 4 is 23.1 Å². The summed E-state index contributed by atoms with van der Waals surface area (Å²) in [6.45, 7) is 7.70. The quantitative estimate of drug-likeness (QED) is 0.764. The molecule has 27 heavy (non-hydrogen) atoms. The van der Waals surface area contributed by atoms with Crippen LogP contribution in [0, 0.1) is 12.7 Å². The Bertz CT molecular complexity index is 931. The van der Waals surface area contributed by atoms with E-state index < -0.39 is 11.7 Å². The van der Waals surface area contributed by atoms with Crippen molar-refractivity contribution < 1.29 is 9.18 Å². The standard InChI is InChI=1S/C17H17FN6O.C2H6/c1-11-9-24-10-12(6-13(18)16(24)21-11)22-17(25)14-7-20-15(8-19-14)23-4-2-3-5-23;1-2/h6-10H,2-5H2,1H3,(H,22,25);1-2H3. The van der Waals surface area contributed by atoms with E-state index in [4.69, 9.17) is 0 Å².